The molecule has 0 radical (unpaired) electrons. The second kappa shape index (κ2) is 6.91. The SMILES string of the molecule is CCc1ccc2c(cc1=O)C(C)CCc1cc(C)c(OC)c(OC)c1-2. The zero-order valence-corrected chi connectivity index (χ0v) is 15.7. The summed E-state index contributed by atoms with van der Waals surface area (Å²) in [7, 11) is 3.36. The van der Waals surface area contributed by atoms with E-state index in [4.69, 9.17) is 9.47 Å². The van der Waals surface area contributed by atoms with Gasteiger partial charge < -0.3 is 9.47 Å². The molecule has 132 valence electrons. The monoisotopic (exact) mass is 338 g/mol. The summed E-state index contributed by atoms with van der Waals surface area (Å²) in [6.45, 7) is 6.27. The van der Waals surface area contributed by atoms with Gasteiger partial charge in [0.25, 0.3) is 0 Å². The quantitative estimate of drug-likeness (QED) is 0.817. The van der Waals surface area contributed by atoms with Crippen LogP contribution in [0.3, 0.4) is 0 Å². The van der Waals surface area contributed by atoms with Crippen LogP contribution >= 0.6 is 0 Å². The van der Waals surface area contributed by atoms with Crippen molar-refractivity contribution in [2.75, 3.05) is 14.2 Å². The number of benzene rings is 1. The van der Waals surface area contributed by atoms with Crippen LogP contribution in [0.1, 0.15) is 48.4 Å². The van der Waals surface area contributed by atoms with Crippen molar-refractivity contribution < 1.29 is 9.47 Å². The van der Waals surface area contributed by atoms with E-state index in [9.17, 15) is 4.79 Å². The predicted octanol–water partition coefficient (Wildman–Crippen LogP) is 4.65. The van der Waals surface area contributed by atoms with Gasteiger partial charge in [0.15, 0.2) is 16.9 Å². The number of hydrogen-bond donors (Lipinski definition) is 0. The van der Waals surface area contributed by atoms with E-state index in [-0.39, 0.29) is 5.43 Å². The van der Waals surface area contributed by atoms with Gasteiger partial charge in [-0.2, -0.15) is 0 Å². The van der Waals surface area contributed by atoms with Crippen LogP contribution in [-0.4, -0.2) is 14.2 Å². The van der Waals surface area contributed by atoms with Crippen molar-refractivity contribution in [1.82, 2.24) is 0 Å². The fourth-order valence-electron chi connectivity index (χ4n) is 3.91. The minimum Gasteiger partial charge on any atom is -0.493 e. The van der Waals surface area contributed by atoms with Crippen molar-refractivity contribution in [3.8, 4) is 22.6 Å². The van der Waals surface area contributed by atoms with Gasteiger partial charge in [-0.1, -0.05) is 32.0 Å². The molecule has 0 saturated heterocycles. The van der Waals surface area contributed by atoms with Crippen LogP contribution in [0, 0.1) is 6.92 Å². The van der Waals surface area contributed by atoms with Gasteiger partial charge in [0.2, 0.25) is 0 Å². The summed E-state index contributed by atoms with van der Waals surface area (Å²) in [5.74, 6) is 1.86. The Morgan fingerprint density at radius 2 is 1.84 bits per heavy atom. The summed E-state index contributed by atoms with van der Waals surface area (Å²) in [5, 5.41) is 0. The van der Waals surface area contributed by atoms with Gasteiger partial charge in [0, 0.05) is 5.56 Å². The lowest BCUT2D eigenvalue weighted by Crippen LogP contribution is -2.04. The van der Waals surface area contributed by atoms with E-state index in [0.717, 1.165) is 58.6 Å². The summed E-state index contributed by atoms with van der Waals surface area (Å²) in [6.07, 6.45) is 2.72. The van der Waals surface area contributed by atoms with E-state index in [0.29, 0.717) is 5.92 Å². The molecular weight excluding hydrogens is 312 g/mol. The maximum atomic E-state index is 12.6. The van der Waals surface area contributed by atoms with Crippen LogP contribution in [0.2, 0.25) is 0 Å². The molecule has 1 aliphatic rings. The molecule has 1 unspecified atom stereocenters. The summed E-state index contributed by atoms with van der Waals surface area (Å²) < 4.78 is 11.4. The Morgan fingerprint density at radius 1 is 1.12 bits per heavy atom. The van der Waals surface area contributed by atoms with Crippen LogP contribution in [0.25, 0.3) is 11.1 Å². The number of aryl methyl sites for hydroxylation is 3. The first-order valence-corrected chi connectivity index (χ1v) is 8.93. The minimum atomic E-state index is 0.122. The third-order valence-electron chi connectivity index (χ3n) is 5.30. The molecule has 0 aromatic heterocycles. The maximum absolute atomic E-state index is 12.6. The Labute approximate surface area is 149 Å². The lowest BCUT2D eigenvalue weighted by Gasteiger charge is -2.18. The molecule has 3 rings (SSSR count). The summed E-state index contributed by atoms with van der Waals surface area (Å²) >= 11 is 0. The Balaban J connectivity index is 2.44. The first-order chi connectivity index (χ1) is 12.0. The fourth-order valence-corrected chi connectivity index (χ4v) is 3.91. The zero-order chi connectivity index (χ0) is 18.1. The Bertz CT molecular complexity index is 868. The Morgan fingerprint density at radius 3 is 2.48 bits per heavy atom. The van der Waals surface area contributed by atoms with Crippen LogP contribution in [-0.2, 0) is 12.8 Å². The van der Waals surface area contributed by atoms with E-state index in [2.05, 4.69) is 19.1 Å². The molecule has 2 aromatic rings. The summed E-state index contributed by atoms with van der Waals surface area (Å²) in [5.41, 5.74) is 6.57. The first-order valence-electron chi connectivity index (χ1n) is 8.93. The van der Waals surface area contributed by atoms with Crippen molar-refractivity contribution in [2.24, 2.45) is 0 Å². The number of ether oxygens (including phenoxy) is 2. The lowest BCUT2D eigenvalue weighted by molar-refractivity contribution is 0.353. The van der Waals surface area contributed by atoms with Crippen LogP contribution in [0.15, 0.2) is 29.1 Å². The van der Waals surface area contributed by atoms with Gasteiger partial charge >= 0.3 is 0 Å². The molecule has 0 saturated carbocycles. The molecule has 0 aliphatic heterocycles. The second-order valence-electron chi connectivity index (χ2n) is 6.82. The third kappa shape index (κ3) is 2.92. The standard InChI is InChI=1S/C22H26O3/c1-6-15-9-10-17-18(12-19(15)23)13(2)7-8-16-11-14(3)21(24-4)22(25-5)20(16)17/h9-13H,6-8H2,1-5H3. The van der Waals surface area contributed by atoms with E-state index < -0.39 is 0 Å². The molecule has 3 heteroatoms. The minimum absolute atomic E-state index is 0.122. The van der Waals surface area contributed by atoms with E-state index >= 15 is 0 Å². The normalized spacial score (nSPS) is 15.8. The molecule has 0 amide bonds. The molecule has 1 aliphatic carbocycles. The predicted molar refractivity (Wildman–Crippen MR) is 102 cm³/mol. The van der Waals surface area contributed by atoms with Gasteiger partial charge in [-0.3, -0.25) is 4.79 Å². The molecular formula is C22H26O3. The highest BCUT2D eigenvalue weighted by Gasteiger charge is 2.26. The number of rotatable bonds is 3. The molecule has 25 heavy (non-hydrogen) atoms. The van der Waals surface area contributed by atoms with Gasteiger partial charge in [0.1, 0.15) is 0 Å². The summed E-state index contributed by atoms with van der Waals surface area (Å²) in [4.78, 5) is 12.6. The number of hydrogen-bond acceptors (Lipinski definition) is 3. The van der Waals surface area contributed by atoms with Gasteiger partial charge in [-0.05, 0) is 66.0 Å². The Kier molecular flexibility index (Phi) is 4.85. The summed E-state index contributed by atoms with van der Waals surface area (Å²) in [6, 6.07) is 8.09. The van der Waals surface area contributed by atoms with Crippen molar-refractivity contribution in [3.63, 3.8) is 0 Å². The maximum Gasteiger partial charge on any atom is 0.182 e. The average Bonchev–Trinajstić information content (AvgIpc) is 2.84. The largest absolute Gasteiger partial charge is 0.493 e. The average molecular weight is 338 g/mol. The number of fused-ring (bicyclic) bond motifs is 3. The molecule has 2 aromatic carbocycles. The van der Waals surface area contributed by atoms with Crippen LogP contribution in [0.4, 0.5) is 0 Å². The van der Waals surface area contributed by atoms with Crippen LogP contribution < -0.4 is 14.9 Å². The zero-order valence-electron chi connectivity index (χ0n) is 15.7. The topological polar surface area (TPSA) is 35.5 Å². The molecule has 0 fully saturated rings. The molecule has 3 nitrogen and oxygen atoms in total. The smallest absolute Gasteiger partial charge is 0.182 e. The van der Waals surface area contributed by atoms with E-state index in [1.54, 1.807) is 14.2 Å². The van der Waals surface area contributed by atoms with Crippen molar-refractivity contribution >= 4 is 0 Å². The highest BCUT2D eigenvalue weighted by Crippen LogP contribution is 2.47. The fraction of sp³-hybridized carbons (Fsp3) is 0.409. The lowest BCUT2D eigenvalue weighted by atomic mass is 9.93. The van der Waals surface area contributed by atoms with Crippen molar-refractivity contribution in [3.05, 3.63) is 56.7 Å². The van der Waals surface area contributed by atoms with E-state index in [1.165, 1.54) is 5.56 Å². The molecule has 0 bridgehead atoms. The van der Waals surface area contributed by atoms with Crippen molar-refractivity contribution in [1.29, 1.82) is 0 Å². The van der Waals surface area contributed by atoms with Gasteiger partial charge in [-0.25, -0.2) is 0 Å². The molecule has 1 atom stereocenters. The Hall–Kier alpha value is -2.29. The molecule has 0 spiro atoms. The highest BCUT2D eigenvalue weighted by molar-refractivity contribution is 5.81. The first kappa shape index (κ1) is 17.5. The molecule has 0 heterocycles. The van der Waals surface area contributed by atoms with Gasteiger partial charge in [0.05, 0.1) is 14.2 Å². The molecule has 0 N–H and O–H groups in total. The van der Waals surface area contributed by atoms with Gasteiger partial charge in [-0.15, -0.1) is 0 Å². The van der Waals surface area contributed by atoms with Crippen LogP contribution in [0.5, 0.6) is 11.5 Å². The highest BCUT2D eigenvalue weighted by atomic mass is 16.5. The van der Waals surface area contributed by atoms with Crippen molar-refractivity contribution in [2.45, 2.75) is 46.0 Å². The number of methoxy groups -OCH3 is 2. The van der Waals surface area contributed by atoms with E-state index in [1.807, 2.05) is 26.0 Å². The third-order valence-corrected chi connectivity index (χ3v) is 5.30. The second-order valence-corrected chi connectivity index (χ2v) is 6.82.